The Morgan fingerprint density at radius 2 is 2.03 bits per heavy atom. The first-order chi connectivity index (χ1) is 14.3. The minimum absolute atomic E-state index is 0.0755. The lowest BCUT2D eigenvalue weighted by Gasteiger charge is -2.16. The summed E-state index contributed by atoms with van der Waals surface area (Å²) in [6.07, 6.45) is 1.78. The molecule has 7 heteroatoms. The number of oxazole rings is 1. The molecule has 0 spiro atoms. The quantitative estimate of drug-likeness (QED) is 0.423. The molecule has 3 aromatic rings. The normalized spacial score (nSPS) is 13.5. The van der Waals surface area contributed by atoms with Crippen LogP contribution in [0.5, 0.6) is 5.75 Å². The number of nitrogens with zero attached hydrogens (tertiary/aromatic N) is 2. The summed E-state index contributed by atoms with van der Waals surface area (Å²) in [6, 6.07) is 7.86. The lowest BCUT2D eigenvalue weighted by Crippen LogP contribution is -2.38. The van der Waals surface area contributed by atoms with Gasteiger partial charge in [0, 0.05) is 17.3 Å². The zero-order valence-electron chi connectivity index (χ0n) is 18.7. The Kier molecular flexibility index (Phi) is 6.70. The van der Waals surface area contributed by atoms with Gasteiger partial charge in [0.2, 0.25) is 5.89 Å². The molecular weight excluding hydrogens is 380 g/mol. The predicted molar refractivity (Wildman–Crippen MR) is 119 cm³/mol. The molecule has 0 saturated carbocycles. The number of para-hydroxylation sites is 1. The second kappa shape index (κ2) is 9.24. The van der Waals surface area contributed by atoms with Crippen LogP contribution >= 0.6 is 0 Å². The molecule has 1 atom stereocenters. The van der Waals surface area contributed by atoms with Gasteiger partial charge in [-0.2, -0.15) is 0 Å². The molecular formula is C23H32N4O3. The van der Waals surface area contributed by atoms with Crippen molar-refractivity contribution in [3.63, 3.8) is 0 Å². The van der Waals surface area contributed by atoms with E-state index >= 15 is 0 Å². The third-order valence-electron chi connectivity index (χ3n) is 4.62. The number of aromatic nitrogens is 1. The van der Waals surface area contributed by atoms with E-state index in [0.29, 0.717) is 25.0 Å². The van der Waals surface area contributed by atoms with E-state index in [1.54, 1.807) is 6.20 Å². The molecule has 30 heavy (non-hydrogen) atoms. The average Bonchev–Trinajstić information content (AvgIpc) is 3.34. The zero-order valence-corrected chi connectivity index (χ0v) is 18.7. The summed E-state index contributed by atoms with van der Waals surface area (Å²) in [5.74, 6) is 3.69. The number of nitrogens with one attached hydrogen (secondary N) is 2. The summed E-state index contributed by atoms with van der Waals surface area (Å²) in [5.41, 5.74) is 0.688. The second-order valence-corrected chi connectivity index (χ2v) is 8.19. The highest BCUT2D eigenvalue weighted by atomic mass is 16.5. The van der Waals surface area contributed by atoms with Crippen LogP contribution in [-0.4, -0.2) is 24.1 Å². The Morgan fingerprint density at radius 3 is 2.70 bits per heavy atom. The first kappa shape index (κ1) is 21.7. The van der Waals surface area contributed by atoms with Crippen LogP contribution in [0.2, 0.25) is 0 Å². The number of rotatable bonds is 7. The van der Waals surface area contributed by atoms with Gasteiger partial charge in [0.15, 0.2) is 17.3 Å². The number of ether oxygens (including phenoxy) is 1. The molecule has 1 aromatic carbocycles. The van der Waals surface area contributed by atoms with Gasteiger partial charge in [-0.15, -0.1) is 0 Å². The minimum Gasteiger partial charge on any atom is -0.490 e. The molecule has 3 rings (SSSR count). The van der Waals surface area contributed by atoms with E-state index in [-0.39, 0.29) is 11.5 Å². The van der Waals surface area contributed by atoms with E-state index in [4.69, 9.17) is 13.6 Å². The van der Waals surface area contributed by atoms with E-state index in [1.807, 2.05) is 45.0 Å². The topological polar surface area (TPSA) is 84.8 Å². The Hall–Kier alpha value is -2.96. The van der Waals surface area contributed by atoms with Gasteiger partial charge < -0.3 is 24.2 Å². The van der Waals surface area contributed by atoms with Crippen LogP contribution in [0.15, 0.2) is 44.3 Å². The van der Waals surface area contributed by atoms with Gasteiger partial charge in [0.25, 0.3) is 0 Å². The fraction of sp³-hybridized carbons (Fsp3) is 0.478. The third-order valence-corrected chi connectivity index (χ3v) is 4.62. The van der Waals surface area contributed by atoms with E-state index in [9.17, 15) is 0 Å². The highest BCUT2D eigenvalue weighted by molar-refractivity contribution is 5.84. The standard InChI is InChI=1S/C23H32N4O3/c1-7-24-22(26-14-20-25-13-19(30-20)23(4,5)6)27-15(3)18-12-16-10-9-11-17(28-8-2)21(16)29-18/h9-13,15H,7-8,14H2,1-6H3,(H2,24,26,27). The molecule has 2 aromatic heterocycles. The fourth-order valence-electron chi connectivity index (χ4n) is 3.01. The van der Waals surface area contributed by atoms with Crippen molar-refractivity contribution in [2.24, 2.45) is 4.99 Å². The Morgan fingerprint density at radius 1 is 1.23 bits per heavy atom. The van der Waals surface area contributed by atoms with Crippen LogP contribution in [0, 0.1) is 0 Å². The van der Waals surface area contributed by atoms with Gasteiger partial charge in [-0.25, -0.2) is 9.98 Å². The van der Waals surface area contributed by atoms with Crippen molar-refractivity contribution in [1.29, 1.82) is 0 Å². The summed E-state index contributed by atoms with van der Waals surface area (Å²) in [4.78, 5) is 8.96. The van der Waals surface area contributed by atoms with Crippen LogP contribution in [0.25, 0.3) is 11.0 Å². The van der Waals surface area contributed by atoms with E-state index in [0.717, 1.165) is 34.8 Å². The predicted octanol–water partition coefficient (Wildman–Crippen LogP) is 4.93. The van der Waals surface area contributed by atoms with Crippen molar-refractivity contribution >= 4 is 16.9 Å². The molecule has 162 valence electrons. The second-order valence-electron chi connectivity index (χ2n) is 8.19. The largest absolute Gasteiger partial charge is 0.490 e. The van der Waals surface area contributed by atoms with Crippen LogP contribution in [0.1, 0.15) is 65.0 Å². The van der Waals surface area contributed by atoms with Crippen LogP contribution in [0.3, 0.4) is 0 Å². The summed E-state index contributed by atoms with van der Waals surface area (Å²) in [6.45, 7) is 14.0. The smallest absolute Gasteiger partial charge is 0.216 e. The van der Waals surface area contributed by atoms with Crippen molar-refractivity contribution in [2.45, 2.75) is 59.5 Å². The van der Waals surface area contributed by atoms with Gasteiger partial charge in [0.05, 0.1) is 18.8 Å². The van der Waals surface area contributed by atoms with Crippen molar-refractivity contribution in [3.8, 4) is 5.75 Å². The first-order valence-corrected chi connectivity index (χ1v) is 10.5. The molecule has 0 fully saturated rings. The number of guanidine groups is 1. The molecule has 0 bridgehead atoms. The van der Waals surface area contributed by atoms with Gasteiger partial charge in [-0.05, 0) is 32.9 Å². The molecule has 2 heterocycles. The number of furan rings is 1. The summed E-state index contributed by atoms with van der Waals surface area (Å²) in [5, 5.41) is 7.66. The first-order valence-electron chi connectivity index (χ1n) is 10.5. The van der Waals surface area contributed by atoms with E-state index < -0.39 is 0 Å². The number of hydrogen-bond acceptors (Lipinski definition) is 5. The maximum Gasteiger partial charge on any atom is 0.216 e. The van der Waals surface area contributed by atoms with Gasteiger partial charge in [0.1, 0.15) is 18.1 Å². The molecule has 0 saturated heterocycles. The Balaban J connectivity index is 1.74. The number of hydrogen-bond donors (Lipinski definition) is 2. The van der Waals surface area contributed by atoms with Crippen molar-refractivity contribution in [1.82, 2.24) is 15.6 Å². The average molecular weight is 413 g/mol. The lowest BCUT2D eigenvalue weighted by molar-refractivity contribution is 0.336. The van der Waals surface area contributed by atoms with Gasteiger partial charge in [-0.1, -0.05) is 32.9 Å². The maximum atomic E-state index is 6.09. The molecule has 0 aliphatic heterocycles. The van der Waals surface area contributed by atoms with Crippen molar-refractivity contribution < 1.29 is 13.6 Å². The highest BCUT2D eigenvalue weighted by Gasteiger charge is 2.19. The van der Waals surface area contributed by atoms with Gasteiger partial charge >= 0.3 is 0 Å². The molecule has 0 radical (unpaired) electrons. The zero-order chi connectivity index (χ0) is 21.7. The molecule has 0 aliphatic rings. The molecule has 7 nitrogen and oxygen atoms in total. The minimum atomic E-state index is -0.0839. The van der Waals surface area contributed by atoms with Crippen molar-refractivity contribution in [3.05, 3.63) is 47.9 Å². The SMILES string of the molecule is CCNC(=NCc1ncc(C(C)(C)C)o1)NC(C)c1cc2cccc(OCC)c2o1. The molecule has 1 unspecified atom stereocenters. The maximum absolute atomic E-state index is 6.09. The van der Waals surface area contributed by atoms with Crippen LogP contribution in [0.4, 0.5) is 0 Å². The third kappa shape index (κ3) is 5.14. The summed E-state index contributed by atoms with van der Waals surface area (Å²) < 4.78 is 17.6. The van der Waals surface area contributed by atoms with Gasteiger partial charge in [-0.3, -0.25) is 0 Å². The Labute approximate surface area is 177 Å². The fourth-order valence-corrected chi connectivity index (χ4v) is 3.01. The number of aliphatic imine (C=N–C) groups is 1. The number of benzene rings is 1. The lowest BCUT2D eigenvalue weighted by atomic mass is 9.94. The molecule has 0 amide bonds. The van der Waals surface area contributed by atoms with Crippen LogP contribution < -0.4 is 15.4 Å². The number of fused-ring (bicyclic) bond motifs is 1. The highest BCUT2D eigenvalue weighted by Crippen LogP contribution is 2.31. The Bertz CT molecular complexity index is 997. The van der Waals surface area contributed by atoms with Crippen LogP contribution in [-0.2, 0) is 12.0 Å². The van der Waals surface area contributed by atoms with E-state index in [2.05, 4.69) is 41.4 Å². The molecule has 0 aliphatic carbocycles. The van der Waals surface area contributed by atoms with E-state index in [1.165, 1.54) is 0 Å². The summed E-state index contributed by atoms with van der Waals surface area (Å²) in [7, 11) is 0. The monoisotopic (exact) mass is 412 g/mol. The van der Waals surface area contributed by atoms with Crippen molar-refractivity contribution in [2.75, 3.05) is 13.2 Å². The summed E-state index contributed by atoms with van der Waals surface area (Å²) >= 11 is 0. The molecule has 2 N–H and O–H groups in total.